The summed E-state index contributed by atoms with van der Waals surface area (Å²) >= 11 is 0. The second-order valence-corrected chi connectivity index (χ2v) is 29.0. The van der Waals surface area contributed by atoms with Crippen molar-refractivity contribution >= 4 is 43.6 Å². The molecule has 0 aliphatic carbocycles. The minimum absolute atomic E-state index is 0.147. The van der Waals surface area contributed by atoms with Crippen LogP contribution in [0.3, 0.4) is 0 Å². The summed E-state index contributed by atoms with van der Waals surface area (Å²) in [5, 5.41) is 14.6. The molecule has 0 unspecified atom stereocenters. The van der Waals surface area contributed by atoms with Crippen molar-refractivity contribution in [1.82, 2.24) is 24.1 Å². The van der Waals surface area contributed by atoms with Crippen LogP contribution in [0.15, 0.2) is 243 Å². The molecule has 0 N–H and O–H groups in total. The van der Waals surface area contributed by atoms with E-state index in [1.165, 1.54) is 27.8 Å². The minimum Gasteiger partial charge on any atom is -0.309 e. The van der Waals surface area contributed by atoms with Crippen molar-refractivity contribution in [2.45, 2.75) is 105 Å². The third-order valence-corrected chi connectivity index (χ3v) is 18.4. The van der Waals surface area contributed by atoms with Crippen molar-refractivity contribution in [3.05, 3.63) is 270 Å². The fraction of sp³-hybridized carbons (Fsp3) is 0.186. The lowest BCUT2D eigenvalue weighted by Crippen LogP contribution is -2.17. The van der Waals surface area contributed by atoms with E-state index in [0.29, 0.717) is 23.0 Å². The molecule has 14 aromatic rings. The fourth-order valence-corrected chi connectivity index (χ4v) is 13.0. The molecule has 14 rings (SSSR count). The number of nitrogens with zero attached hydrogens (tertiary/aromatic N) is 6. The maximum atomic E-state index is 9.97. The van der Waals surface area contributed by atoms with Crippen LogP contribution in [0.1, 0.15) is 111 Å². The Hall–Kier alpha value is -10.5. The standard InChI is InChI=1S/C86H76N6/c1-83(2,3)64-43-62(44-65(51-64)84(4,5)6)81-88-80(89-82(90-81)63-45-66(85(7,8)9)52-67(46-63)86(10,11)12)61-38-42-77(91-74-29-21-19-27-68(74)71-47-58(36-40-76(71)91)55-23-15-13-16-24-55)73(49-61)70-39-35-60(57-33-31-54(53-87)32-34-57)50-79(70)92-75-30-22-20-28-69(75)72-48-59(37-41-78(72)92)56-25-17-14-18-26-56/h13-52H,1-12H3. The molecule has 11 aromatic carbocycles. The summed E-state index contributed by atoms with van der Waals surface area (Å²) in [6.07, 6.45) is 0. The van der Waals surface area contributed by atoms with Crippen molar-refractivity contribution in [2.24, 2.45) is 0 Å². The van der Waals surface area contributed by atoms with E-state index in [1.54, 1.807) is 0 Å². The van der Waals surface area contributed by atoms with Crippen LogP contribution < -0.4 is 0 Å². The molecule has 0 aliphatic rings. The number of benzene rings is 11. The predicted octanol–water partition coefficient (Wildman–Crippen LogP) is 22.8. The number of aromatic nitrogens is 5. The van der Waals surface area contributed by atoms with Crippen molar-refractivity contribution in [3.63, 3.8) is 0 Å². The van der Waals surface area contributed by atoms with Crippen molar-refractivity contribution in [3.8, 4) is 96.1 Å². The molecule has 92 heavy (non-hydrogen) atoms. The molecule has 3 aromatic heterocycles. The molecule has 0 radical (unpaired) electrons. The molecular formula is C86H76N6. The molecule has 0 amide bonds. The van der Waals surface area contributed by atoms with E-state index in [1.807, 2.05) is 12.1 Å². The van der Waals surface area contributed by atoms with E-state index in [-0.39, 0.29) is 21.7 Å². The van der Waals surface area contributed by atoms with Crippen LogP contribution in [-0.2, 0) is 21.7 Å². The predicted molar refractivity (Wildman–Crippen MR) is 386 cm³/mol. The van der Waals surface area contributed by atoms with Crippen molar-refractivity contribution in [1.29, 1.82) is 5.26 Å². The Morgan fingerprint density at radius 2 is 0.630 bits per heavy atom. The Morgan fingerprint density at radius 3 is 1.08 bits per heavy atom. The van der Waals surface area contributed by atoms with Gasteiger partial charge in [0.25, 0.3) is 0 Å². The summed E-state index contributed by atoms with van der Waals surface area (Å²) in [6.45, 7) is 27.4. The highest BCUT2D eigenvalue weighted by atomic mass is 15.0. The van der Waals surface area contributed by atoms with Gasteiger partial charge in [-0.25, -0.2) is 15.0 Å². The topological polar surface area (TPSA) is 72.3 Å². The number of nitriles is 1. The lowest BCUT2D eigenvalue weighted by molar-refractivity contribution is 0.568. The quantitative estimate of drug-likeness (QED) is 0.144. The van der Waals surface area contributed by atoms with Gasteiger partial charge in [-0.2, -0.15) is 5.26 Å². The SMILES string of the molecule is CC(C)(C)c1cc(-c2nc(-c3cc(C(C)(C)C)cc(C(C)(C)C)c3)nc(-c3ccc(-n4c5ccccc5c5cc(-c6ccccc6)ccc54)c(-c4ccc(-c5ccc(C#N)cc5)cc4-n4c5ccccc5c5cc(-c6ccccc6)ccc54)c3)n2)cc(C(C)(C)C)c1. The highest BCUT2D eigenvalue weighted by Gasteiger charge is 2.28. The Morgan fingerprint density at radius 1 is 0.272 bits per heavy atom. The summed E-state index contributed by atoms with van der Waals surface area (Å²) in [4.78, 5) is 16.9. The van der Waals surface area contributed by atoms with E-state index in [9.17, 15) is 5.26 Å². The summed E-state index contributed by atoms with van der Waals surface area (Å²) in [7, 11) is 0. The van der Waals surface area contributed by atoms with Gasteiger partial charge in [0.15, 0.2) is 17.5 Å². The van der Waals surface area contributed by atoms with E-state index in [0.717, 1.165) is 111 Å². The molecule has 0 saturated heterocycles. The zero-order valence-electron chi connectivity index (χ0n) is 54.8. The van der Waals surface area contributed by atoms with Gasteiger partial charge < -0.3 is 9.13 Å². The van der Waals surface area contributed by atoms with E-state index < -0.39 is 0 Å². The van der Waals surface area contributed by atoms with Gasteiger partial charge in [-0.15, -0.1) is 0 Å². The molecule has 0 bridgehead atoms. The van der Waals surface area contributed by atoms with Gasteiger partial charge in [0, 0.05) is 49.4 Å². The number of fused-ring (bicyclic) bond motifs is 6. The molecular weight excluding hydrogens is 1120 g/mol. The Balaban J connectivity index is 1.10. The van der Waals surface area contributed by atoms with Gasteiger partial charge in [0.2, 0.25) is 0 Å². The molecule has 450 valence electrons. The molecule has 3 heterocycles. The van der Waals surface area contributed by atoms with Crippen molar-refractivity contribution < 1.29 is 0 Å². The van der Waals surface area contributed by atoms with Gasteiger partial charge in [0.05, 0.1) is 45.1 Å². The molecule has 6 nitrogen and oxygen atoms in total. The smallest absolute Gasteiger partial charge is 0.164 e. The van der Waals surface area contributed by atoms with Gasteiger partial charge in [0.1, 0.15) is 0 Å². The first-order valence-electron chi connectivity index (χ1n) is 32.1. The van der Waals surface area contributed by atoms with Crippen LogP contribution in [0.25, 0.3) is 134 Å². The maximum absolute atomic E-state index is 9.97. The lowest BCUT2D eigenvalue weighted by Gasteiger charge is -2.26. The molecule has 0 saturated carbocycles. The molecule has 0 atom stereocenters. The number of hydrogen-bond donors (Lipinski definition) is 0. The van der Waals surface area contributed by atoms with Gasteiger partial charge >= 0.3 is 0 Å². The highest BCUT2D eigenvalue weighted by molar-refractivity contribution is 6.13. The van der Waals surface area contributed by atoms with Crippen molar-refractivity contribution in [2.75, 3.05) is 0 Å². The Kier molecular flexibility index (Phi) is 14.5. The summed E-state index contributed by atoms with van der Waals surface area (Å²) in [5.74, 6) is 1.82. The van der Waals surface area contributed by atoms with E-state index in [4.69, 9.17) is 15.0 Å². The summed E-state index contributed by atoms with van der Waals surface area (Å²) < 4.78 is 4.91. The van der Waals surface area contributed by atoms with Gasteiger partial charge in [-0.05, 0) is 174 Å². The second-order valence-electron chi connectivity index (χ2n) is 29.0. The van der Waals surface area contributed by atoms with Crippen LogP contribution in [-0.4, -0.2) is 24.1 Å². The maximum Gasteiger partial charge on any atom is 0.164 e. The van der Waals surface area contributed by atoms with E-state index >= 15 is 0 Å². The van der Waals surface area contributed by atoms with Crippen LogP contribution in [0, 0.1) is 11.3 Å². The molecule has 0 spiro atoms. The zero-order chi connectivity index (χ0) is 64.0. The zero-order valence-corrected chi connectivity index (χ0v) is 54.8. The Labute approximate surface area is 541 Å². The average molecular weight is 1190 g/mol. The second kappa shape index (κ2) is 22.5. The first-order valence-corrected chi connectivity index (χ1v) is 32.1. The highest BCUT2D eigenvalue weighted by Crippen LogP contribution is 2.46. The third kappa shape index (κ3) is 11.0. The molecule has 0 fully saturated rings. The van der Waals surface area contributed by atoms with Gasteiger partial charge in [-0.3, -0.25) is 0 Å². The van der Waals surface area contributed by atoms with Crippen LogP contribution in [0.2, 0.25) is 0 Å². The molecule has 0 aliphatic heterocycles. The van der Waals surface area contributed by atoms with Crippen LogP contribution >= 0.6 is 0 Å². The van der Waals surface area contributed by atoms with Gasteiger partial charge in [-0.1, -0.05) is 229 Å². The monoisotopic (exact) mass is 1190 g/mol. The number of para-hydroxylation sites is 2. The Bertz CT molecular complexity index is 5080. The van der Waals surface area contributed by atoms with Crippen LogP contribution in [0.5, 0.6) is 0 Å². The van der Waals surface area contributed by atoms with E-state index in [2.05, 4.69) is 329 Å². The normalized spacial score (nSPS) is 12.3. The molecule has 6 heteroatoms. The first-order chi connectivity index (χ1) is 44.0. The fourth-order valence-electron chi connectivity index (χ4n) is 13.0. The average Bonchev–Trinajstić information content (AvgIpc) is 1.54. The van der Waals surface area contributed by atoms with Crippen LogP contribution in [0.4, 0.5) is 0 Å². The largest absolute Gasteiger partial charge is 0.309 e. The summed E-state index contributed by atoms with van der Waals surface area (Å²) in [6, 6.07) is 90.6. The summed E-state index contributed by atoms with van der Waals surface area (Å²) in [5.41, 5.74) is 22.7. The number of rotatable bonds is 9. The first kappa shape index (κ1) is 59.2. The minimum atomic E-state index is -0.147. The third-order valence-electron chi connectivity index (χ3n) is 18.4. The lowest BCUT2D eigenvalue weighted by atomic mass is 9.79. The number of hydrogen-bond acceptors (Lipinski definition) is 4.